The van der Waals surface area contributed by atoms with Crippen molar-refractivity contribution in [3.05, 3.63) is 22.4 Å². The summed E-state index contributed by atoms with van der Waals surface area (Å²) in [4.78, 5) is 1.43. The molecular formula is C15H25NOS. The average Bonchev–Trinajstić information content (AvgIpc) is 2.80. The zero-order valence-electron chi connectivity index (χ0n) is 12.1. The van der Waals surface area contributed by atoms with E-state index >= 15 is 0 Å². The normalized spacial score (nSPS) is 27.3. The van der Waals surface area contributed by atoms with Crippen molar-refractivity contribution in [3.8, 4) is 0 Å². The molecule has 2 rings (SSSR count). The van der Waals surface area contributed by atoms with Crippen molar-refractivity contribution in [3.63, 3.8) is 0 Å². The molecule has 102 valence electrons. The van der Waals surface area contributed by atoms with Gasteiger partial charge < -0.3 is 10.1 Å². The summed E-state index contributed by atoms with van der Waals surface area (Å²) in [6, 6.07) is 4.78. The van der Waals surface area contributed by atoms with Gasteiger partial charge in [-0.15, -0.1) is 11.3 Å². The third-order valence-electron chi connectivity index (χ3n) is 3.82. The first-order valence-electron chi connectivity index (χ1n) is 6.83. The van der Waals surface area contributed by atoms with Crippen LogP contribution in [0.15, 0.2) is 17.5 Å². The first-order valence-corrected chi connectivity index (χ1v) is 7.70. The summed E-state index contributed by atoms with van der Waals surface area (Å²) in [5, 5.41) is 5.81. The van der Waals surface area contributed by atoms with E-state index in [-0.39, 0.29) is 11.2 Å². The topological polar surface area (TPSA) is 21.3 Å². The lowest BCUT2D eigenvalue weighted by Crippen LogP contribution is -2.38. The van der Waals surface area contributed by atoms with E-state index in [0.717, 1.165) is 13.0 Å². The molecule has 0 radical (unpaired) electrons. The van der Waals surface area contributed by atoms with E-state index in [2.05, 4.69) is 57.4 Å². The second-order valence-corrected chi connectivity index (χ2v) is 7.31. The van der Waals surface area contributed by atoms with Crippen molar-refractivity contribution in [2.24, 2.45) is 5.92 Å². The van der Waals surface area contributed by atoms with Crippen LogP contribution in [0.1, 0.15) is 52.0 Å². The van der Waals surface area contributed by atoms with Crippen molar-refractivity contribution in [2.45, 2.75) is 58.3 Å². The average molecular weight is 267 g/mol. The van der Waals surface area contributed by atoms with Crippen LogP contribution in [0.2, 0.25) is 0 Å². The van der Waals surface area contributed by atoms with Crippen LogP contribution in [-0.2, 0) is 4.74 Å². The minimum absolute atomic E-state index is 0.0148. The van der Waals surface area contributed by atoms with Gasteiger partial charge in [0.2, 0.25) is 0 Å². The summed E-state index contributed by atoms with van der Waals surface area (Å²) in [6.07, 6.45) is 1.11. The van der Waals surface area contributed by atoms with Gasteiger partial charge in [0.25, 0.3) is 0 Å². The van der Waals surface area contributed by atoms with Gasteiger partial charge in [0.05, 0.1) is 11.2 Å². The highest BCUT2D eigenvalue weighted by Gasteiger charge is 2.49. The lowest BCUT2D eigenvalue weighted by atomic mass is 9.81. The molecule has 2 unspecified atom stereocenters. The van der Waals surface area contributed by atoms with Gasteiger partial charge in [-0.25, -0.2) is 0 Å². The molecule has 0 aromatic carbocycles. The smallest absolute Gasteiger partial charge is 0.0681 e. The second-order valence-electron chi connectivity index (χ2n) is 6.33. The van der Waals surface area contributed by atoms with Crippen LogP contribution in [0.4, 0.5) is 0 Å². The molecule has 1 fully saturated rings. The lowest BCUT2D eigenvalue weighted by Gasteiger charge is -2.33. The molecule has 1 N–H and O–H groups in total. The summed E-state index contributed by atoms with van der Waals surface area (Å²) in [6.45, 7) is 12.0. The number of hydrogen-bond acceptors (Lipinski definition) is 3. The second kappa shape index (κ2) is 4.95. The van der Waals surface area contributed by atoms with E-state index in [4.69, 9.17) is 4.74 Å². The van der Waals surface area contributed by atoms with Gasteiger partial charge in [0, 0.05) is 16.8 Å². The van der Waals surface area contributed by atoms with Crippen LogP contribution < -0.4 is 5.32 Å². The zero-order valence-corrected chi connectivity index (χ0v) is 12.9. The quantitative estimate of drug-likeness (QED) is 0.890. The molecule has 0 amide bonds. The molecule has 0 aliphatic carbocycles. The van der Waals surface area contributed by atoms with Crippen molar-refractivity contribution < 1.29 is 4.74 Å². The molecule has 2 nitrogen and oxygen atoms in total. The maximum Gasteiger partial charge on any atom is 0.0681 e. The molecule has 1 aromatic rings. The lowest BCUT2D eigenvalue weighted by molar-refractivity contribution is -0.0777. The maximum atomic E-state index is 6.24. The summed E-state index contributed by atoms with van der Waals surface area (Å²) in [5.41, 5.74) is -0.0839. The number of hydrogen-bond donors (Lipinski definition) is 1. The summed E-state index contributed by atoms with van der Waals surface area (Å²) >= 11 is 1.84. The molecule has 0 spiro atoms. The highest BCUT2D eigenvalue weighted by molar-refractivity contribution is 7.10. The fourth-order valence-corrected chi connectivity index (χ4v) is 4.12. The van der Waals surface area contributed by atoms with E-state index in [1.54, 1.807) is 0 Å². The van der Waals surface area contributed by atoms with Crippen molar-refractivity contribution in [1.29, 1.82) is 0 Å². The van der Waals surface area contributed by atoms with Crippen LogP contribution in [0, 0.1) is 5.92 Å². The Balaban J connectivity index is 2.26. The molecule has 2 atom stereocenters. The van der Waals surface area contributed by atoms with Gasteiger partial charge in [0.15, 0.2) is 0 Å². The van der Waals surface area contributed by atoms with E-state index in [9.17, 15) is 0 Å². The van der Waals surface area contributed by atoms with E-state index in [1.165, 1.54) is 4.88 Å². The first-order chi connectivity index (χ1) is 8.36. The largest absolute Gasteiger partial charge is 0.369 e. The molecule has 0 bridgehead atoms. The highest BCUT2D eigenvalue weighted by atomic mass is 32.1. The van der Waals surface area contributed by atoms with Gasteiger partial charge in [-0.05, 0) is 52.1 Å². The molecular weight excluding hydrogens is 242 g/mol. The van der Waals surface area contributed by atoms with Gasteiger partial charge in [0.1, 0.15) is 0 Å². The van der Waals surface area contributed by atoms with Crippen LogP contribution in [0.5, 0.6) is 0 Å². The third-order valence-corrected chi connectivity index (χ3v) is 4.78. The van der Waals surface area contributed by atoms with E-state index < -0.39 is 0 Å². The van der Waals surface area contributed by atoms with Crippen molar-refractivity contribution >= 4 is 11.3 Å². The van der Waals surface area contributed by atoms with Crippen LogP contribution in [0.3, 0.4) is 0 Å². The molecule has 3 heteroatoms. The Kier molecular flexibility index (Phi) is 3.86. The molecule has 0 saturated carbocycles. The Bertz CT molecular complexity index is 383. The van der Waals surface area contributed by atoms with E-state index in [1.807, 2.05) is 11.3 Å². The predicted molar refractivity (Wildman–Crippen MR) is 78.1 cm³/mol. The molecule has 18 heavy (non-hydrogen) atoms. The highest BCUT2D eigenvalue weighted by Crippen LogP contribution is 2.48. The predicted octanol–water partition coefficient (Wildman–Crippen LogP) is 3.99. The van der Waals surface area contributed by atoms with Gasteiger partial charge >= 0.3 is 0 Å². The Morgan fingerprint density at radius 1 is 1.44 bits per heavy atom. The van der Waals surface area contributed by atoms with Crippen molar-refractivity contribution in [1.82, 2.24) is 5.32 Å². The Morgan fingerprint density at radius 2 is 2.17 bits per heavy atom. The summed E-state index contributed by atoms with van der Waals surface area (Å²) < 4.78 is 6.24. The molecule has 1 aliphatic rings. The minimum Gasteiger partial charge on any atom is -0.369 e. The van der Waals surface area contributed by atoms with E-state index in [0.29, 0.717) is 12.0 Å². The van der Waals surface area contributed by atoms with Crippen LogP contribution in [0.25, 0.3) is 0 Å². The Labute approximate surface area is 115 Å². The van der Waals surface area contributed by atoms with Crippen molar-refractivity contribution in [2.75, 3.05) is 6.54 Å². The van der Waals surface area contributed by atoms with Gasteiger partial charge in [-0.2, -0.15) is 0 Å². The Morgan fingerprint density at radius 3 is 2.61 bits per heavy atom. The maximum absolute atomic E-state index is 6.24. The minimum atomic E-state index is -0.0691. The van der Waals surface area contributed by atoms with Gasteiger partial charge in [-0.1, -0.05) is 13.0 Å². The molecule has 1 aromatic heterocycles. The fourth-order valence-electron chi connectivity index (χ4n) is 3.25. The number of thiophene rings is 1. The standard InChI is InChI=1S/C15H25NOS/c1-6-16-13(12-8-7-9-18-12)11-10-14(2,3)17-15(11,4)5/h7-9,11,13,16H,6,10H2,1-5H3. The Hall–Kier alpha value is -0.380. The monoisotopic (exact) mass is 267 g/mol. The number of nitrogens with one attached hydrogen (secondary N) is 1. The summed E-state index contributed by atoms with van der Waals surface area (Å²) in [5.74, 6) is 0.520. The third kappa shape index (κ3) is 2.79. The summed E-state index contributed by atoms with van der Waals surface area (Å²) in [7, 11) is 0. The SMILES string of the molecule is CCNC(c1cccs1)C1CC(C)(C)OC1(C)C. The number of ether oxygens (including phenoxy) is 1. The first kappa shape index (κ1) is 14.0. The van der Waals surface area contributed by atoms with Crippen LogP contribution >= 0.6 is 11.3 Å². The number of rotatable bonds is 4. The molecule has 1 saturated heterocycles. The fraction of sp³-hybridized carbons (Fsp3) is 0.733. The van der Waals surface area contributed by atoms with Crippen LogP contribution in [-0.4, -0.2) is 17.7 Å². The molecule has 1 aliphatic heterocycles. The van der Waals surface area contributed by atoms with Gasteiger partial charge in [-0.3, -0.25) is 0 Å². The zero-order chi connectivity index (χ0) is 13.4. The molecule has 2 heterocycles.